The summed E-state index contributed by atoms with van der Waals surface area (Å²) < 4.78 is 45.2. The van der Waals surface area contributed by atoms with Crippen LogP contribution < -0.4 is 0 Å². The molecule has 0 spiro atoms. The van der Waals surface area contributed by atoms with Crippen molar-refractivity contribution >= 4 is 5.97 Å². The largest absolute Gasteiger partial charge is 0.459 e. The zero-order valence-corrected chi connectivity index (χ0v) is 11.3. The minimum absolute atomic E-state index is 0.00306. The number of hydrogen-bond acceptors (Lipinski definition) is 3. The highest BCUT2D eigenvalue weighted by Crippen LogP contribution is 2.27. The van der Waals surface area contributed by atoms with Gasteiger partial charge in [0, 0.05) is 13.5 Å². The molecule has 1 atom stereocenters. The fourth-order valence-electron chi connectivity index (χ4n) is 1.50. The van der Waals surface area contributed by atoms with Gasteiger partial charge >= 0.3 is 12.1 Å². The molecule has 0 N–H and O–H groups in total. The zero-order valence-electron chi connectivity index (χ0n) is 11.3. The summed E-state index contributed by atoms with van der Waals surface area (Å²) >= 11 is 0. The topological polar surface area (TPSA) is 35.5 Å². The van der Waals surface area contributed by atoms with E-state index in [2.05, 4.69) is 4.74 Å². The van der Waals surface area contributed by atoms with E-state index in [1.54, 1.807) is 6.92 Å². The average molecular weight is 270 g/mol. The number of alkyl halides is 3. The molecule has 0 aliphatic carbocycles. The highest BCUT2D eigenvalue weighted by atomic mass is 19.4. The molecule has 0 bridgehead atoms. The second-order valence-corrected chi connectivity index (χ2v) is 4.83. The fraction of sp³-hybridized carbons (Fsp3) is 0.917. The zero-order chi connectivity index (χ0) is 14.4. The number of hydrogen-bond donors (Lipinski definition) is 0. The molecule has 0 fully saturated rings. The summed E-state index contributed by atoms with van der Waals surface area (Å²) in [5.41, 5.74) is -0.659. The summed E-state index contributed by atoms with van der Waals surface area (Å²) in [6, 6.07) is 0. The number of ether oxygens (including phenoxy) is 2. The van der Waals surface area contributed by atoms with Gasteiger partial charge in [-0.05, 0) is 25.7 Å². The van der Waals surface area contributed by atoms with Crippen LogP contribution in [0.5, 0.6) is 0 Å². The first-order valence-electron chi connectivity index (χ1n) is 5.91. The van der Waals surface area contributed by atoms with E-state index in [0.29, 0.717) is 12.8 Å². The van der Waals surface area contributed by atoms with Gasteiger partial charge in [-0.2, -0.15) is 13.2 Å². The van der Waals surface area contributed by atoms with Crippen molar-refractivity contribution in [1.82, 2.24) is 0 Å². The van der Waals surface area contributed by atoms with Crippen molar-refractivity contribution in [1.29, 1.82) is 0 Å². The van der Waals surface area contributed by atoms with Gasteiger partial charge in [-0.1, -0.05) is 13.8 Å². The fourth-order valence-corrected chi connectivity index (χ4v) is 1.50. The Morgan fingerprint density at radius 1 is 1.28 bits per heavy atom. The number of rotatable bonds is 7. The van der Waals surface area contributed by atoms with Crippen LogP contribution in [0.3, 0.4) is 0 Å². The third-order valence-electron chi connectivity index (χ3n) is 2.83. The molecular weight excluding hydrogens is 249 g/mol. The molecule has 0 aromatic carbocycles. The van der Waals surface area contributed by atoms with Crippen LogP contribution >= 0.6 is 0 Å². The first kappa shape index (κ1) is 17.2. The van der Waals surface area contributed by atoms with Crippen LogP contribution in [-0.4, -0.2) is 31.0 Å². The van der Waals surface area contributed by atoms with Crippen molar-refractivity contribution < 1.29 is 27.4 Å². The van der Waals surface area contributed by atoms with Crippen LogP contribution in [0, 0.1) is 5.92 Å². The van der Waals surface area contributed by atoms with Gasteiger partial charge in [-0.3, -0.25) is 4.79 Å². The van der Waals surface area contributed by atoms with Crippen LogP contribution in [0.2, 0.25) is 0 Å². The summed E-state index contributed by atoms with van der Waals surface area (Å²) in [7, 11) is 0. The quantitative estimate of drug-likeness (QED) is 0.526. The summed E-state index contributed by atoms with van der Waals surface area (Å²) in [5.74, 6) is -0.300. The van der Waals surface area contributed by atoms with E-state index in [1.807, 2.05) is 13.8 Å². The normalized spacial score (nSPS) is 15.6. The second kappa shape index (κ2) is 6.97. The smallest absolute Gasteiger partial charge is 0.411 e. The summed E-state index contributed by atoms with van der Waals surface area (Å²) in [6.07, 6.45) is -3.41. The maximum atomic E-state index is 11.8. The highest BCUT2D eigenvalue weighted by Gasteiger charge is 2.31. The number of esters is 1. The molecule has 6 heteroatoms. The van der Waals surface area contributed by atoms with E-state index < -0.39 is 18.4 Å². The third-order valence-corrected chi connectivity index (χ3v) is 2.83. The maximum absolute atomic E-state index is 11.8. The van der Waals surface area contributed by atoms with E-state index in [9.17, 15) is 18.0 Å². The van der Waals surface area contributed by atoms with Crippen LogP contribution in [0.4, 0.5) is 13.2 Å². The van der Waals surface area contributed by atoms with E-state index in [0.717, 1.165) is 0 Å². The lowest BCUT2D eigenvalue weighted by Crippen LogP contribution is -2.37. The average Bonchev–Trinajstić information content (AvgIpc) is 2.13. The molecule has 18 heavy (non-hydrogen) atoms. The Bertz CT molecular complexity index is 264. The molecular formula is C12H21F3O3. The first-order chi connectivity index (χ1) is 8.07. The van der Waals surface area contributed by atoms with Crippen molar-refractivity contribution in [2.75, 3.05) is 13.2 Å². The minimum Gasteiger partial charge on any atom is -0.459 e. The van der Waals surface area contributed by atoms with E-state index in [4.69, 9.17) is 4.74 Å². The van der Waals surface area contributed by atoms with E-state index in [1.165, 1.54) is 6.92 Å². The lowest BCUT2D eigenvalue weighted by atomic mass is 9.87. The first-order valence-corrected chi connectivity index (χ1v) is 5.91. The molecule has 3 nitrogen and oxygen atoms in total. The van der Waals surface area contributed by atoms with Crippen molar-refractivity contribution in [2.45, 2.75) is 52.3 Å². The minimum atomic E-state index is -4.29. The molecule has 0 saturated carbocycles. The van der Waals surface area contributed by atoms with Crippen LogP contribution in [0.25, 0.3) is 0 Å². The van der Waals surface area contributed by atoms with E-state index in [-0.39, 0.29) is 18.5 Å². The van der Waals surface area contributed by atoms with Gasteiger partial charge in [0.2, 0.25) is 0 Å². The molecule has 108 valence electrons. The van der Waals surface area contributed by atoms with Crippen LogP contribution in [0.15, 0.2) is 0 Å². The molecule has 0 aliphatic rings. The van der Waals surface area contributed by atoms with Crippen LogP contribution in [0.1, 0.15) is 40.5 Å². The van der Waals surface area contributed by atoms with Gasteiger partial charge in [0.25, 0.3) is 0 Å². The third kappa shape index (κ3) is 7.53. The number of carbonyl (C=O) groups excluding carboxylic acids is 1. The lowest BCUT2D eigenvalue weighted by molar-refractivity contribution is -0.175. The molecule has 0 heterocycles. The van der Waals surface area contributed by atoms with Gasteiger partial charge in [0.15, 0.2) is 0 Å². The van der Waals surface area contributed by atoms with Gasteiger partial charge in [0.05, 0.1) is 0 Å². The summed E-state index contributed by atoms with van der Waals surface area (Å²) in [4.78, 5) is 11.0. The standard InChI is InChI=1S/C12H21F3O3/c1-9(2)11(4,18-10(3)16)6-5-7-17-8-12(13,14)15/h9H,5-8H2,1-4H3. The predicted octanol–water partition coefficient (Wildman–Crippen LogP) is 3.32. The SMILES string of the molecule is CC(=O)OC(C)(CCCOCC(F)(F)F)C(C)C. The van der Waals surface area contributed by atoms with Gasteiger partial charge in [0.1, 0.15) is 12.2 Å². The van der Waals surface area contributed by atoms with Gasteiger partial charge in [-0.25, -0.2) is 0 Å². The molecule has 0 aromatic rings. The maximum Gasteiger partial charge on any atom is 0.411 e. The predicted molar refractivity (Wildman–Crippen MR) is 61.1 cm³/mol. The number of halogens is 3. The van der Waals surface area contributed by atoms with Crippen LogP contribution in [-0.2, 0) is 14.3 Å². The molecule has 1 unspecified atom stereocenters. The Morgan fingerprint density at radius 3 is 2.22 bits per heavy atom. The lowest BCUT2D eigenvalue weighted by Gasteiger charge is -2.33. The Kier molecular flexibility index (Phi) is 6.67. The van der Waals surface area contributed by atoms with Crippen molar-refractivity contribution in [2.24, 2.45) is 5.92 Å². The summed E-state index contributed by atoms with van der Waals surface area (Å²) in [6.45, 7) is 5.67. The molecule has 0 rings (SSSR count). The Labute approximate surface area is 106 Å². The molecule has 0 saturated heterocycles. The molecule has 0 amide bonds. The molecule has 0 aromatic heterocycles. The molecule has 0 radical (unpaired) electrons. The Balaban J connectivity index is 4.03. The Morgan fingerprint density at radius 2 is 1.83 bits per heavy atom. The van der Waals surface area contributed by atoms with E-state index >= 15 is 0 Å². The van der Waals surface area contributed by atoms with Crippen molar-refractivity contribution in [3.8, 4) is 0 Å². The highest BCUT2D eigenvalue weighted by molar-refractivity contribution is 5.66. The van der Waals surface area contributed by atoms with Gasteiger partial charge < -0.3 is 9.47 Å². The van der Waals surface area contributed by atoms with Gasteiger partial charge in [-0.15, -0.1) is 0 Å². The number of carbonyl (C=O) groups is 1. The van der Waals surface area contributed by atoms with Crippen molar-refractivity contribution in [3.63, 3.8) is 0 Å². The molecule has 0 aliphatic heterocycles. The summed E-state index contributed by atoms with van der Waals surface area (Å²) in [5, 5.41) is 0. The monoisotopic (exact) mass is 270 g/mol. The second-order valence-electron chi connectivity index (χ2n) is 4.83. The Hall–Kier alpha value is -0.780. The van der Waals surface area contributed by atoms with Crippen molar-refractivity contribution in [3.05, 3.63) is 0 Å².